The fourth-order valence-electron chi connectivity index (χ4n) is 0. The van der Waals surface area contributed by atoms with E-state index in [2.05, 4.69) is 27.2 Å². The Morgan fingerprint density at radius 2 is 0.500 bits per heavy atom. The van der Waals surface area contributed by atoms with Gasteiger partial charge in [-0.2, -0.15) is 0 Å². The van der Waals surface area contributed by atoms with E-state index in [9.17, 15) is 0 Å². The molecular formula is C5H7CoO4-5. The van der Waals surface area contributed by atoms with Crippen LogP contribution in [0.3, 0.4) is 0 Å². The number of hydrogen-bond donors (Lipinski definition) is 0. The van der Waals surface area contributed by atoms with Crippen LogP contribution in [0.2, 0.25) is 0 Å². The second-order valence-electron chi connectivity index (χ2n) is 0. The molecule has 0 rings (SSSR count). The van der Waals surface area contributed by atoms with Crippen molar-refractivity contribution in [3.63, 3.8) is 0 Å². The van der Waals surface area contributed by atoms with Crippen molar-refractivity contribution in [3.8, 4) is 0 Å². The van der Waals surface area contributed by atoms with Crippen LogP contribution in [0.4, 0.5) is 0 Å². The van der Waals surface area contributed by atoms with Gasteiger partial charge in [0.2, 0.25) is 0 Å². The second-order valence-corrected chi connectivity index (χ2v) is 0. The summed E-state index contributed by atoms with van der Waals surface area (Å²) in [7, 11) is 0. The Hall–Kier alpha value is -0.814. The Bertz CT molecular complexity index is 21.6. The van der Waals surface area contributed by atoms with Crippen LogP contribution >= 0.6 is 0 Å². The minimum atomic E-state index is 0. The Morgan fingerprint density at radius 1 is 0.500 bits per heavy atom. The molecule has 0 bridgehead atoms. The molecule has 0 fully saturated rings. The van der Waals surface area contributed by atoms with Gasteiger partial charge >= 0.3 is 0 Å². The molecule has 0 aromatic heterocycles. The van der Waals surface area contributed by atoms with Gasteiger partial charge in [0.1, 0.15) is 0 Å². The molecule has 0 heterocycles. The summed E-state index contributed by atoms with van der Waals surface area (Å²) in [5, 5.41) is 0. The maximum Gasteiger partial charge on any atom is 0 e. The predicted molar refractivity (Wildman–Crippen MR) is 33.4 cm³/mol. The van der Waals surface area contributed by atoms with Gasteiger partial charge in [0.25, 0.3) is 0 Å². The van der Waals surface area contributed by atoms with E-state index in [1.165, 1.54) is 0 Å². The zero-order valence-corrected chi connectivity index (χ0v) is 6.32. The molecule has 0 N–H and O–H groups in total. The quantitative estimate of drug-likeness (QED) is 0.376. The molecule has 0 atom stereocenters. The van der Waals surface area contributed by atoms with Gasteiger partial charge in [0.15, 0.2) is 0 Å². The van der Waals surface area contributed by atoms with Gasteiger partial charge in [-0.3, -0.25) is 27.2 Å². The average molecular weight is 190 g/mol. The van der Waals surface area contributed by atoms with Gasteiger partial charge in [0.05, 0.1) is 0 Å². The van der Waals surface area contributed by atoms with E-state index in [-0.39, 0.29) is 24.2 Å². The summed E-state index contributed by atoms with van der Waals surface area (Å²) in [4.78, 5) is 31.0. The van der Waals surface area contributed by atoms with E-state index in [1.807, 2.05) is 0 Å². The first-order valence-corrected chi connectivity index (χ1v) is 0.943. The van der Waals surface area contributed by atoms with Crippen molar-refractivity contribution in [2.45, 2.75) is 0 Å². The largest absolute Gasteiger partial charge is 0.545 e. The zero-order valence-electron chi connectivity index (χ0n) is 5.28. The summed E-state index contributed by atoms with van der Waals surface area (Å²) in [6, 6.07) is 0. The third kappa shape index (κ3) is 416. The molecule has 1 radical (unpaired) electrons. The van der Waals surface area contributed by atoms with Crippen LogP contribution in [0.15, 0.2) is 0 Å². The minimum Gasteiger partial charge on any atom is -0.545 e. The molecule has 5 heteroatoms. The van der Waals surface area contributed by atoms with Crippen LogP contribution in [0.1, 0.15) is 0 Å². The summed E-state index contributed by atoms with van der Waals surface area (Å²) < 4.78 is 0. The van der Waals surface area contributed by atoms with Gasteiger partial charge < -0.3 is 26.6 Å². The Labute approximate surface area is 71.2 Å². The molecule has 0 saturated carbocycles. The smallest absolute Gasteiger partial charge is 0 e. The van der Waals surface area contributed by atoms with Crippen LogP contribution in [0, 0.1) is 7.43 Å². The monoisotopic (exact) mass is 190 g/mol. The van der Waals surface area contributed by atoms with E-state index >= 15 is 0 Å². The molecule has 0 aromatic carbocycles. The zero-order chi connectivity index (χ0) is 8.00. The number of hydrogen-bond acceptors (Lipinski definition) is 4. The van der Waals surface area contributed by atoms with Crippen LogP contribution in [-0.2, 0) is 36.0 Å². The summed E-state index contributed by atoms with van der Waals surface area (Å²) in [5.41, 5.74) is 0. The van der Waals surface area contributed by atoms with E-state index in [1.54, 1.807) is 0 Å². The Morgan fingerprint density at radius 3 is 0.500 bits per heavy atom. The third-order valence-electron chi connectivity index (χ3n) is 0. The van der Waals surface area contributed by atoms with Gasteiger partial charge in [0, 0.05) is 16.8 Å². The third-order valence-corrected chi connectivity index (χ3v) is 0. The fourth-order valence-corrected chi connectivity index (χ4v) is 0. The molecule has 0 aromatic rings. The first kappa shape index (κ1) is 60.6. The summed E-state index contributed by atoms with van der Waals surface area (Å²) in [6.45, 7) is 13.0. The maximum absolute atomic E-state index is 7.75. The molecule has 0 spiro atoms. The molecule has 65 valence electrons. The second kappa shape index (κ2) is 639. The van der Waals surface area contributed by atoms with Crippen molar-refractivity contribution in [2.24, 2.45) is 0 Å². The fraction of sp³-hybridized carbons (Fsp3) is 0. The first-order chi connectivity index (χ1) is 4.00. The molecule has 0 aliphatic rings. The topological polar surface area (TPSA) is 68.3 Å². The van der Waals surface area contributed by atoms with Crippen molar-refractivity contribution in [3.05, 3.63) is 7.43 Å². The molecule has 10 heavy (non-hydrogen) atoms. The van der Waals surface area contributed by atoms with Gasteiger partial charge in [-0.15, -0.1) is 0 Å². The van der Waals surface area contributed by atoms with E-state index in [0.717, 1.165) is 0 Å². The molecule has 4 nitrogen and oxygen atoms in total. The maximum atomic E-state index is 7.75. The van der Waals surface area contributed by atoms with E-state index < -0.39 is 0 Å². The van der Waals surface area contributed by atoms with Crippen LogP contribution in [0.25, 0.3) is 0 Å². The van der Waals surface area contributed by atoms with Crippen LogP contribution in [-0.4, -0.2) is 27.2 Å². The van der Waals surface area contributed by atoms with E-state index in [0.29, 0.717) is 0 Å². The Balaban J connectivity index is -0.00000000500. The molecule has 0 saturated heterocycles. The minimum absolute atomic E-state index is 0. The number of carbonyl (C=O) groups excluding carboxylic acids is 4. The summed E-state index contributed by atoms with van der Waals surface area (Å²) in [6.07, 6.45) is 0. The molecule has 0 aliphatic carbocycles. The SMILES string of the molecule is [CH-]=O.[CH-]=O.[CH-]=O.[CH-]=O.[CH3-].[Co]. The van der Waals surface area contributed by atoms with Crippen LogP contribution in [0.5, 0.6) is 0 Å². The van der Waals surface area contributed by atoms with Crippen molar-refractivity contribution < 1.29 is 36.0 Å². The van der Waals surface area contributed by atoms with Crippen LogP contribution < -0.4 is 0 Å². The molecule has 0 unspecified atom stereocenters. The average Bonchev–Trinajstić information content (AvgIpc) is 2.03. The normalized spacial score (nSPS) is 1.60. The van der Waals surface area contributed by atoms with Crippen molar-refractivity contribution in [1.29, 1.82) is 0 Å². The van der Waals surface area contributed by atoms with Gasteiger partial charge in [-0.05, 0) is 0 Å². The molecular weight excluding hydrogens is 183 g/mol. The molecule has 0 aliphatic heterocycles. The molecule has 0 amide bonds. The standard InChI is InChI=1S/4CHO.CH3.Co/c4*1-2;;/h4*1H;1H3;/q5*-1;. The summed E-state index contributed by atoms with van der Waals surface area (Å²) >= 11 is 0. The predicted octanol–water partition coefficient (Wildman–Crippen LogP) is -0.649. The Kier molecular flexibility index (Phi) is 3870. The number of rotatable bonds is 0. The van der Waals surface area contributed by atoms with Crippen molar-refractivity contribution >= 4 is 27.2 Å². The van der Waals surface area contributed by atoms with Crippen molar-refractivity contribution in [2.75, 3.05) is 0 Å². The summed E-state index contributed by atoms with van der Waals surface area (Å²) in [5.74, 6) is 0. The van der Waals surface area contributed by atoms with Gasteiger partial charge in [-0.25, -0.2) is 0 Å². The van der Waals surface area contributed by atoms with E-state index in [4.69, 9.17) is 19.2 Å². The first-order valence-electron chi connectivity index (χ1n) is 0.943. The van der Waals surface area contributed by atoms with Crippen molar-refractivity contribution in [1.82, 2.24) is 0 Å². The van der Waals surface area contributed by atoms with Gasteiger partial charge in [-0.1, -0.05) is 0 Å².